The molecule has 2 aliphatic heterocycles. The second-order valence-electron chi connectivity index (χ2n) is 8.79. The van der Waals surface area contributed by atoms with E-state index in [1.807, 2.05) is 7.05 Å². The number of nitrogens with zero attached hydrogens (tertiary/aromatic N) is 3. The van der Waals surface area contributed by atoms with Gasteiger partial charge in [-0.25, -0.2) is 0 Å². The van der Waals surface area contributed by atoms with E-state index in [2.05, 4.69) is 63.5 Å². The molecule has 2 N–H and O–H groups in total. The summed E-state index contributed by atoms with van der Waals surface area (Å²) >= 11 is 0. The van der Waals surface area contributed by atoms with Crippen molar-refractivity contribution in [2.45, 2.75) is 58.5 Å². The van der Waals surface area contributed by atoms with Crippen LogP contribution in [0.25, 0.3) is 0 Å². The van der Waals surface area contributed by atoms with Crippen molar-refractivity contribution in [3.05, 3.63) is 35.4 Å². The highest BCUT2D eigenvalue weighted by atomic mass is 15.2. The number of guanidine groups is 1. The number of piperidine rings is 2. The number of aryl methyl sites for hydroxylation is 1. The van der Waals surface area contributed by atoms with Crippen LogP contribution in [-0.4, -0.2) is 68.1 Å². The number of benzene rings is 1. The van der Waals surface area contributed by atoms with E-state index in [1.165, 1.54) is 62.9 Å². The van der Waals surface area contributed by atoms with Gasteiger partial charge in [0.1, 0.15) is 0 Å². The quantitative estimate of drug-likeness (QED) is 0.546. The van der Waals surface area contributed by atoms with E-state index in [9.17, 15) is 0 Å². The molecule has 29 heavy (non-hydrogen) atoms. The average molecular weight is 400 g/mol. The van der Waals surface area contributed by atoms with Crippen molar-refractivity contribution >= 4 is 5.96 Å². The van der Waals surface area contributed by atoms with Gasteiger partial charge in [0.25, 0.3) is 0 Å². The molecule has 1 aromatic carbocycles. The molecule has 0 amide bonds. The molecule has 0 bridgehead atoms. The molecule has 5 heteroatoms. The number of hydrogen-bond donors (Lipinski definition) is 2. The maximum Gasteiger partial charge on any atom is 0.191 e. The summed E-state index contributed by atoms with van der Waals surface area (Å²) in [5.41, 5.74) is 2.86. The molecule has 1 aromatic rings. The summed E-state index contributed by atoms with van der Waals surface area (Å²) < 4.78 is 0. The lowest BCUT2D eigenvalue weighted by Gasteiger charge is -2.33. The van der Waals surface area contributed by atoms with E-state index in [-0.39, 0.29) is 0 Å². The molecule has 0 atom stereocenters. The van der Waals surface area contributed by atoms with Crippen molar-refractivity contribution in [3.63, 3.8) is 0 Å². The van der Waals surface area contributed by atoms with Gasteiger partial charge >= 0.3 is 0 Å². The molecule has 0 aromatic heterocycles. The molecule has 2 aliphatic rings. The Morgan fingerprint density at radius 2 is 1.72 bits per heavy atom. The standard InChI is InChI=1S/C24H41N5/c1-4-28-15-10-21(11-16-28)9-14-26-24(25-3)27-23-12-17-29(18-13-23)19-22-8-6-5-7-20(22)2/h5-8,21,23H,4,9-19H2,1-3H3,(H2,25,26,27). The number of aliphatic imine (C=N–C) groups is 1. The lowest BCUT2D eigenvalue weighted by Crippen LogP contribution is -2.48. The first-order valence-corrected chi connectivity index (χ1v) is 11.6. The van der Waals surface area contributed by atoms with Gasteiger partial charge in [0.2, 0.25) is 0 Å². The first-order valence-electron chi connectivity index (χ1n) is 11.6. The van der Waals surface area contributed by atoms with E-state index in [0.717, 1.165) is 38.1 Å². The highest BCUT2D eigenvalue weighted by Crippen LogP contribution is 2.19. The molecule has 0 spiro atoms. The Morgan fingerprint density at radius 3 is 2.38 bits per heavy atom. The Labute approximate surface area is 178 Å². The predicted octanol–water partition coefficient (Wildman–Crippen LogP) is 3.25. The summed E-state index contributed by atoms with van der Waals surface area (Å²) in [5.74, 6) is 1.85. The van der Waals surface area contributed by atoms with Crippen LogP contribution in [-0.2, 0) is 6.54 Å². The summed E-state index contributed by atoms with van der Waals surface area (Å²) in [7, 11) is 1.89. The Bertz CT molecular complexity index is 628. The van der Waals surface area contributed by atoms with Gasteiger partial charge < -0.3 is 15.5 Å². The Morgan fingerprint density at radius 1 is 1.03 bits per heavy atom. The van der Waals surface area contributed by atoms with Crippen molar-refractivity contribution in [1.82, 2.24) is 20.4 Å². The van der Waals surface area contributed by atoms with Crippen LogP contribution in [0.2, 0.25) is 0 Å². The molecule has 162 valence electrons. The normalized spacial score (nSPS) is 20.7. The lowest BCUT2D eigenvalue weighted by atomic mass is 9.93. The van der Waals surface area contributed by atoms with Crippen LogP contribution in [0.1, 0.15) is 50.2 Å². The van der Waals surface area contributed by atoms with E-state index < -0.39 is 0 Å². The average Bonchev–Trinajstić information content (AvgIpc) is 2.76. The fraction of sp³-hybridized carbons (Fsp3) is 0.708. The van der Waals surface area contributed by atoms with Crippen molar-refractivity contribution in [3.8, 4) is 0 Å². The maximum absolute atomic E-state index is 4.46. The number of hydrogen-bond acceptors (Lipinski definition) is 3. The Balaban J connectivity index is 1.33. The second-order valence-corrected chi connectivity index (χ2v) is 8.79. The topological polar surface area (TPSA) is 42.9 Å². The molecule has 0 aliphatic carbocycles. The first kappa shape index (κ1) is 22.1. The van der Waals surface area contributed by atoms with Gasteiger partial charge in [-0.1, -0.05) is 31.2 Å². The van der Waals surface area contributed by atoms with Crippen molar-refractivity contribution in [1.29, 1.82) is 0 Å². The van der Waals surface area contributed by atoms with Crippen LogP contribution in [0, 0.1) is 12.8 Å². The van der Waals surface area contributed by atoms with Crippen LogP contribution in [0.4, 0.5) is 0 Å². The minimum Gasteiger partial charge on any atom is -0.356 e. The van der Waals surface area contributed by atoms with Crippen molar-refractivity contribution < 1.29 is 0 Å². The Kier molecular flexibility index (Phi) is 8.81. The van der Waals surface area contributed by atoms with Gasteiger partial charge in [0, 0.05) is 39.3 Å². The molecule has 0 radical (unpaired) electrons. The molecular formula is C24H41N5. The van der Waals surface area contributed by atoms with E-state index in [0.29, 0.717) is 6.04 Å². The lowest BCUT2D eigenvalue weighted by molar-refractivity contribution is 0.187. The first-order chi connectivity index (χ1) is 14.2. The second kappa shape index (κ2) is 11.6. The molecule has 3 rings (SSSR count). The fourth-order valence-corrected chi connectivity index (χ4v) is 4.64. The third-order valence-corrected chi connectivity index (χ3v) is 6.81. The van der Waals surface area contributed by atoms with Crippen molar-refractivity contribution in [2.24, 2.45) is 10.9 Å². The van der Waals surface area contributed by atoms with Gasteiger partial charge in [0.05, 0.1) is 0 Å². The summed E-state index contributed by atoms with van der Waals surface area (Å²) in [6.45, 7) is 12.6. The largest absolute Gasteiger partial charge is 0.356 e. The minimum absolute atomic E-state index is 0.530. The van der Waals surface area contributed by atoms with Crippen LogP contribution in [0.15, 0.2) is 29.3 Å². The van der Waals surface area contributed by atoms with Gasteiger partial charge in [0.15, 0.2) is 5.96 Å². The zero-order valence-corrected chi connectivity index (χ0v) is 18.8. The van der Waals surface area contributed by atoms with Gasteiger partial charge in [-0.05, 0) is 75.7 Å². The number of rotatable bonds is 7. The third kappa shape index (κ3) is 7.00. The third-order valence-electron chi connectivity index (χ3n) is 6.81. The van der Waals surface area contributed by atoms with E-state index in [4.69, 9.17) is 0 Å². The summed E-state index contributed by atoms with van der Waals surface area (Å²) in [5, 5.41) is 7.22. The van der Waals surface area contributed by atoms with Crippen LogP contribution in [0.3, 0.4) is 0 Å². The van der Waals surface area contributed by atoms with E-state index in [1.54, 1.807) is 0 Å². The predicted molar refractivity (Wildman–Crippen MR) is 123 cm³/mol. The molecule has 5 nitrogen and oxygen atoms in total. The Hall–Kier alpha value is -1.59. The fourth-order valence-electron chi connectivity index (χ4n) is 4.64. The van der Waals surface area contributed by atoms with Gasteiger partial charge in [-0.2, -0.15) is 0 Å². The highest BCUT2D eigenvalue weighted by Gasteiger charge is 2.21. The van der Waals surface area contributed by atoms with Crippen LogP contribution < -0.4 is 10.6 Å². The zero-order chi connectivity index (χ0) is 20.5. The molecule has 0 unspecified atom stereocenters. The summed E-state index contributed by atoms with van der Waals surface area (Å²) in [6, 6.07) is 9.28. The molecule has 2 heterocycles. The SMILES string of the molecule is CCN1CCC(CCNC(=NC)NC2CCN(Cc3ccccc3C)CC2)CC1. The monoisotopic (exact) mass is 399 g/mol. The summed E-state index contributed by atoms with van der Waals surface area (Å²) in [4.78, 5) is 9.61. The highest BCUT2D eigenvalue weighted by molar-refractivity contribution is 5.79. The zero-order valence-electron chi connectivity index (χ0n) is 18.8. The molecule has 2 saturated heterocycles. The molecule has 2 fully saturated rings. The molecule has 0 saturated carbocycles. The molecular weight excluding hydrogens is 358 g/mol. The van der Waals surface area contributed by atoms with Gasteiger partial charge in [-0.3, -0.25) is 9.89 Å². The van der Waals surface area contributed by atoms with Gasteiger partial charge in [-0.15, -0.1) is 0 Å². The smallest absolute Gasteiger partial charge is 0.191 e. The van der Waals surface area contributed by atoms with Crippen LogP contribution in [0.5, 0.6) is 0 Å². The van der Waals surface area contributed by atoms with E-state index >= 15 is 0 Å². The summed E-state index contributed by atoms with van der Waals surface area (Å²) in [6.07, 6.45) is 6.32. The number of likely N-dealkylation sites (tertiary alicyclic amines) is 2. The van der Waals surface area contributed by atoms with Crippen molar-refractivity contribution in [2.75, 3.05) is 46.3 Å². The number of nitrogens with one attached hydrogen (secondary N) is 2. The maximum atomic E-state index is 4.46. The van der Waals surface area contributed by atoms with Crippen LogP contribution >= 0.6 is 0 Å². The minimum atomic E-state index is 0.530.